The molecule has 1 aliphatic carbocycles. The maximum absolute atomic E-state index is 12.1. The first-order chi connectivity index (χ1) is 8.09. The second-order valence-electron chi connectivity index (χ2n) is 4.99. The SMILES string of the molecule is Cc1cccc(NC(=O)C2(CO)CCC2)c1C. The van der Waals surface area contributed by atoms with Crippen LogP contribution in [0.2, 0.25) is 0 Å². The fourth-order valence-corrected chi connectivity index (χ4v) is 2.20. The second-order valence-corrected chi connectivity index (χ2v) is 4.99. The summed E-state index contributed by atoms with van der Waals surface area (Å²) in [6, 6.07) is 5.87. The largest absolute Gasteiger partial charge is 0.395 e. The van der Waals surface area contributed by atoms with E-state index < -0.39 is 5.41 Å². The molecule has 0 spiro atoms. The Bertz CT molecular complexity index is 430. The first-order valence-corrected chi connectivity index (χ1v) is 6.08. The lowest BCUT2D eigenvalue weighted by molar-refractivity contribution is -0.133. The van der Waals surface area contributed by atoms with Gasteiger partial charge in [-0.25, -0.2) is 0 Å². The van der Waals surface area contributed by atoms with Gasteiger partial charge in [-0.1, -0.05) is 18.6 Å². The topological polar surface area (TPSA) is 49.3 Å². The van der Waals surface area contributed by atoms with E-state index in [-0.39, 0.29) is 12.5 Å². The molecule has 0 saturated heterocycles. The van der Waals surface area contributed by atoms with Crippen LogP contribution in [-0.4, -0.2) is 17.6 Å². The number of nitrogens with one attached hydrogen (secondary N) is 1. The molecule has 1 aliphatic rings. The van der Waals surface area contributed by atoms with Crippen LogP contribution in [0.25, 0.3) is 0 Å². The summed E-state index contributed by atoms with van der Waals surface area (Å²) < 4.78 is 0. The smallest absolute Gasteiger partial charge is 0.232 e. The highest BCUT2D eigenvalue weighted by Gasteiger charge is 2.43. The average molecular weight is 233 g/mol. The summed E-state index contributed by atoms with van der Waals surface area (Å²) in [6.07, 6.45) is 2.61. The number of hydrogen-bond acceptors (Lipinski definition) is 2. The predicted molar refractivity (Wildman–Crippen MR) is 67.9 cm³/mol. The number of aliphatic hydroxyl groups excluding tert-OH is 1. The third kappa shape index (κ3) is 2.07. The van der Waals surface area contributed by atoms with E-state index in [1.54, 1.807) is 0 Å². The molecule has 1 aromatic carbocycles. The fourth-order valence-electron chi connectivity index (χ4n) is 2.20. The van der Waals surface area contributed by atoms with E-state index in [1.807, 2.05) is 32.0 Å². The van der Waals surface area contributed by atoms with E-state index in [1.165, 1.54) is 0 Å². The van der Waals surface area contributed by atoms with Crippen molar-refractivity contribution in [1.29, 1.82) is 0 Å². The molecule has 0 atom stereocenters. The lowest BCUT2D eigenvalue weighted by Crippen LogP contribution is -2.44. The summed E-state index contributed by atoms with van der Waals surface area (Å²) in [7, 11) is 0. The maximum Gasteiger partial charge on any atom is 0.232 e. The van der Waals surface area contributed by atoms with Gasteiger partial charge in [-0.2, -0.15) is 0 Å². The number of aliphatic hydroxyl groups is 1. The van der Waals surface area contributed by atoms with Crippen LogP contribution in [0.5, 0.6) is 0 Å². The summed E-state index contributed by atoms with van der Waals surface area (Å²) in [5.41, 5.74) is 2.58. The summed E-state index contributed by atoms with van der Waals surface area (Å²) in [5, 5.41) is 12.3. The van der Waals surface area contributed by atoms with Crippen molar-refractivity contribution in [2.24, 2.45) is 5.41 Å². The van der Waals surface area contributed by atoms with Gasteiger partial charge in [0.2, 0.25) is 5.91 Å². The van der Waals surface area contributed by atoms with Gasteiger partial charge in [0, 0.05) is 5.69 Å². The molecule has 0 heterocycles. The highest BCUT2D eigenvalue weighted by atomic mass is 16.3. The van der Waals surface area contributed by atoms with Gasteiger partial charge in [0.25, 0.3) is 0 Å². The normalized spacial score (nSPS) is 17.4. The van der Waals surface area contributed by atoms with Crippen molar-refractivity contribution in [3.63, 3.8) is 0 Å². The molecule has 1 saturated carbocycles. The summed E-state index contributed by atoms with van der Waals surface area (Å²) >= 11 is 0. The molecule has 92 valence electrons. The van der Waals surface area contributed by atoms with Gasteiger partial charge in [0.05, 0.1) is 12.0 Å². The first kappa shape index (κ1) is 12.1. The molecule has 2 rings (SSSR count). The predicted octanol–water partition coefficient (Wildman–Crippen LogP) is 2.40. The zero-order valence-electron chi connectivity index (χ0n) is 10.4. The number of aryl methyl sites for hydroxylation is 1. The monoisotopic (exact) mass is 233 g/mol. The summed E-state index contributed by atoms with van der Waals surface area (Å²) in [4.78, 5) is 12.1. The van der Waals surface area contributed by atoms with Crippen molar-refractivity contribution < 1.29 is 9.90 Å². The highest BCUT2D eigenvalue weighted by Crippen LogP contribution is 2.41. The molecule has 0 bridgehead atoms. The third-order valence-corrected chi connectivity index (χ3v) is 3.95. The van der Waals surface area contributed by atoms with E-state index in [9.17, 15) is 9.90 Å². The van der Waals surface area contributed by atoms with Crippen LogP contribution in [-0.2, 0) is 4.79 Å². The van der Waals surface area contributed by atoms with Crippen LogP contribution < -0.4 is 5.32 Å². The van der Waals surface area contributed by atoms with Crippen molar-refractivity contribution in [2.75, 3.05) is 11.9 Å². The molecular formula is C14H19NO2. The highest BCUT2D eigenvalue weighted by molar-refractivity contribution is 5.96. The van der Waals surface area contributed by atoms with Gasteiger partial charge in [-0.3, -0.25) is 4.79 Å². The molecule has 17 heavy (non-hydrogen) atoms. The van der Waals surface area contributed by atoms with Crippen LogP contribution in [0.15, 0.2) is 18.2 Å². The molecule has 3 heteroatoms. The van der Waals surface area contributed by atoms with Crippen LogP contribution in [0.3, 0.4) is 0 Å². The standard InChI is InChI=1S/C14H19NO2/c1-10-5-3-6-12(11(10)2)15-13(17)14(9-16)7-4-8-14/h3,5-6,16H,4,7-9H2,1-2H3,(H,15,17). The number of carbonyl (C=O) groups excluding carboxylic acids is 1. The number of amides is 1. The zero-order valence-corrected chi connectivity index (χ0v) is 10.4. The quantitative estimate of drug-likeness (QED) is 0.842. The van der Waals surface area contributed by atoms with Crippen LogP contribution in [0.1, 0.15) is 30.4 Å². The minimum Gasteiger partial charge on any atom is -0.395 e. The van der Waals surface area contributed by atoms with Crippen molar-refractivity contribution in [3.05, 3.63) is 29.3 Å². The third-order valence-electron chi connectivity index (χ3n) is 3.95. The van der Waals surface area contributed by atoms with Crippen LogP contribution in [0, 0.1) is 19.3 Å². The van der Waals surface area contributed by atoms with Crippen molar-refractivity contribution in [1.82, 2.24) is 0 Å². The van der Waals surface area contributed by atoms with Gasteiger partial charge < -0.3 is 10.4 Å². The molecule has 2 N–H and O–H groups in total. The number of carbonyl (C=O) groups is 1. The molecular weight excluding hydrogens is 214 g/mol. The van der Waals surface area contributed by atoms with Crippen LogP contribution in [0.4, 0.5) is 5.69 Å². The lowest BCUT2D eigenvalue weighted by Gasteiger charge is -2.38. The molecule has 0 unspecified atom stereocenters. The van der Waals surface area contributed by atoms with Gasteiger partial charge in [0.15, 0.2) is 0 Å². The summed E-state index contributed by atoms with van der Waals surface area (Å²) in [5.74, 6) is -0.0417. The minimum atomic E-state index is -0.532. The van der Waals surface area contributed by atoms with E-state index in [0.717, 1.165) is 36.1 Å². The van der Waals surface area contributed by atoms with Gasteiger partial charge in [0.1, 0.15) is 0 Å². The molecule has 3 nitrogen and oxygen atoms in total. The van der Waals surface area contributed by atoms with Gasteiger partial charge in [-0.05, 0) is 43.9 Å². The first-order valence-electron chi connectivity index (χ1n) is 6.08. The molecule has 0 radical (unpaired) electrons. The minimum absolute atomic E-state index is 0.0417. The molecule has 1 amide bonds. The Kier molecular flexibility index (Phi) is 3.20. The van der Waals surface area contributed by atoms with E-state index in [2.05, 4.69) is 5.32 Å². The maximum atomic E-state index is 12.1. The Labute approximate surface area is 102 Å². The van der Waals surface area contributed by atoms with E-state index in [0.29, 0.717) is 0 Å². The number of hydrogen-bond donors (Lipinski definition) is 2. The molecule has 1 fully saturated rings. The summed E-state index contributed by atoms with van der Waals surface area (Å²) in [6.45, 7) is 3.97. The van der Waals surface area contributed by atoms with Crippen molar-refractivity contribution in [2.45, 2.75) is 33.1 Å². The average Bonchev–Trinajstić information content (AvgIpc) is 2.24. The molecule has 0 aliphatic heterocycles. The Morgan fingerprint density at radius 3 is 2.65 bits per heavy atom. The van der Waals surface area contributed by atoms with Crippen molar-refractivity contribution >= 4 is 11.6 Å². The number of anilines is 1. The Morgan fingerprint density at radius 2 is 2.12 bits per heavy atom. The van der Waals surface area contributed by atoms with Crippen LogP contribution >= 0.6 is 0 Å². The fraction of sp³-hybridized carbons (Fsp3) is 0.500. The van der Waals surface area contributed by atoms with Gasteiger partial charge >= 0.3 is 0 Å². The Morgan fingerprint density at radius 1 is 1.41 bits per heavy atom. The van der Waals surface area contributed by atoms with Crippen molar-refractivity contribution in [3.8, 4) is 0 Å². The van der Waals surface area contributed by atoms with Gasteiger partial charge in [-0.15, -0.1) is 0 Å². The zero-order chi connectivity index (χ0) is 12.5. The lowest BCUT2D eigenvalue weighted by atomic mass is 9.68. The Balaban J connectivity index is 2.16. The molecule has 0 aromatic heterocycles. The van der Waals surface area contributed by atoms with E-state index in [4.69, 9.17) is 0 Å². The number of rotatable bonds is 3. The Hall–Kier alpha value is -1.35. The molecule has 1 aromatic rings. The number of benzene rings is 1. The van der Waals surface area contributed by atoms with E-state index >= 15 is 0 Å². The second kappa shape index (κ2) is 4.49.